The zero-order chi connectivity index (χ0) is 27.0. The molecule has 11 nitrogen and oxygen atoms in total. The molecule has 2 aromatic rings. The van der Waals surface area contributed by atoms with Crippen LogP contribution in [-0.4, -0.2) is 49.3 Å². The van der Waals surface area contributed by atoms with E-state index in [0.717, 1.165) is 18.2 Å². The molecule has 4 N–H and O–H groups in total. The second-order valence-corrected chi connectivity index (χ2v) is 11.1. The van der Waals surface area contributed by atoms with E-state index in [1.807, 2.05) is 0 Å². The summed E-state index contributed by atoms with van der Waals surface area (Å²) in [6.07, 6.45) is 4.65. The quantitative estimate of drug-likeness (QED) is 0.385. The van der Waals surface area contributed by atoms with E-state index in [0.29, 0.717) is 16.7 Å². The normalized spacial score (nSPS) is 15.0. The second-order valence-electron chi connectivity index (χ2n) is 8.00. The van der Waals surface area contributed by atoms with Gasteiger partial charge in [-0.1, -0.05) is 18.2 Å². The molecule has 0 radical (unpaired) electrons. The number of carboxylic acids is 2. The molecule has 0 aliphatic heterocycles. The average Bonchev–Trinajstić information content (AvgIpc) is 2.78. The highest BCUT2D eigenvalue weighted by molar-refractivity contribution is 7.92. The lowest BCUT2D eigenvalue weighted by molar-refractivity contribution is 0.0696. The van der Waals surface area contributed by atoms with Crippen LogP contribution >= 0.6 is 0 Å². The Labute approximate surface area is 207 Å². The smallest absolute Gasteiger partial charge is 0.335 e. The van der Waals surface area contributed by atoms with Crippen molar-refractivity contribution in [2.24, 2.45) is 4.99 Å². The third-order valence-electron chi connectivity index (χ3n) is 5.36. The lowest BCUT2D eigenvalue weighted by Gasteiger charge is -2.18. The lowest BCUT2D eigenvalue weighted by Crippen LogP contribution is -2.17. The van der Waals surface area contributed by atoms with Crippen molar-refractivity contribution < 1.29 is 41.2 Å². The van der Waals surface area contributed by atoms with Crippen molar-refractivity contribution in [2.75, 3.05) is 4.72 Å². The first-order valence-electron chi connectivity index (χ1n) is 10.3. The van der Waals surface area contributed by atoms with E-state index >= 15 is 0 Å². The molecule has 190 valence electrons. The van der Waals surface area contributed by atoms with E-state index < -0.39 is 48.1 Å². The number of rotatable bonds is 7. The molecule has 3 rings (SSSR count). The van der Waals surface area contributed by atoms with Gasteiger partial charge in [-0.3, -0.25) is 9.27 Å². The van der Waals surface area contributed by atoms with E-state index in [9.17, 15) is 41.2 Å². The molecule has 0 aromatic heterocycles. The van der Waals surface area contributed by atoms with Gasteiger partial charge in [-0.25, -0.2) is 23.0 Å². The molecule has 0 saturated carbocycles. The molecule has 0 fully saturated rings. The molecule has 1 aliphatic rings. The van der Waals surface area contributed by atoms with Crippen LogP contribution in [-0.2, 0) is 20.1 Å². The number of allylic oxidation sites excluding steroid dienone is 4. The van der Waals surface area contributed by atoms with Crippen molar-refractivity contribution in [1.82, 2.24) is 0 Å². The van der Waals surface area contributed by atoms with Crippen LogP contribution in [0.1, 0.15) is 43.8 Å². The van der Waals surface area contributed by atoms with Gasteiger partial charge in [0, 0.05) is 0 Å². The van der Waals surface area contributed by atoms with Gasteiger partial charge >= 0.3 is 11.9 Å². The number of carbonyl (C=O) groups is 2. The summed E-state index contributed by atoms with van der Waals surface area (Å²) in [4.78, 5) is 26.2. The summed E-state index contributed by atoms with van der Waals surface area (Å²) in [6, 6.07) is 4.14. The number of benzene rings is 2. The van der Waals surface area contributed by atoms with Gasteiger partial charge in [0.25, 0.3) is 20.1 Å². The Kier molecular flexibility index (Phi) is 7.20. The third kappa shape index (κ3) is 5.53. The number of aliphatic imine (C=N–C) groups is 1. The Hall–Kier alpha value is -3.81. The summed E-state index contributed by atoms with van der Waals surface area (Å²) >= 11 is 0. The minimum absolute atomic E-state index is 0.0344. The van der Waals surface area contributed by atoms with Crippen molar-refractivity contribution in [3.05, 3.63) is 75.2 Å². The lowest BCUT2D eigenvalue weighted by atomic mass is 10.0. The van der Waals surface area contributed by atoms with Crippen LogP contribution in [0.5, 0.6) is 0 Å². The van der Waals surface area contributed by atoms with Crippen LogP contribution in [0.2, 0.25) is 0 Å². The highest BCUT2D eigenvalue weighted by Crippen LogP contribution is 2.35. The van der Waals surface area contributed by atoms with E-state index in [4.69, 9.17) is 0 Å². The van der Waals surface area contributed by atoms with E-state index in [1.54, 1.807) is 32.9 Å². The summed E-state index contributed by atoms with van der Waals surface area (Å²) in [5.74, 6) is -3.00. The molecular weight excluding hydrogens is 512 g/mol. The number of aryl methyl sites for hydroxylation is 2. The molecule has 0 heterocycles. The number of hydrogen-bond donors (Lipinski definition) is 4. The minimum atomic E-state index is -4.55. The fraction of sp³-hybridized carbons (Fsp3) is 0.174. The molecule has 0 amide bonds. The summed E-state index contributed by atoms with van der Waals surface area (Å²) in [5.41, 5.74) is 0.666. The monoisotopic (exact) mass is 534 g/mol. The molecule has 0 atom stereocenters. The molecule has 2 aromatic carbocycles. The number of nitrogens with zero attached hydrogens (tertiary/aromatic N) is 1. The van der Waals surface area contributed by atoms with Crippen LogP contribution in [0.25, 0.3) is 0 Å². The van der Waals surface area contributed by atoms with Gasteiger partial charge in [0.2, 0.25) is 0 Å². The van der Waals surface area contributed by atoms with Gasteiger partial charge in [-0.05, 0) is 68.2 Å². The minimum Gasteiger partial charge on any atom is -0.478 e. The van der Waals surface area contributed by atoms with Gasteiger partial charge in [0.15, 0.2) is 0 Å². The topological polar surface area (TPSA) is 187 Å². The molecule has 36 heavy (non-hydrogen) atoms. The SMILES string of the molecule is Cc1cc(C)c(NS(=O)(=O)c2cc(C(=O)O)cc(C(=O)O)c2)c(C)c1N=C1C=CCC=C1S(=O)(=O)O. The first kappa shape index (κ1) is 26.8. The Balaban J connectivity index is 2.15. The van der Waals surface area contributed by atoms with Gasteiger partial charge < -0.3 is 10.2 Å². The van der Waals surface area contributed by atoms with E-state index in [2.05, 4.69) is 9.71 Å². The number of sulfonamides is 1. The van der Waals surface area contributed by atoms with E-state index in [1.165, 1.54) is 12.2 Å². The molecule has 0 spiro atoms. The Morgan fingerprint density at radius 1 is 0.917 bits per heavy atom. The van der Waals surface area contributed by atoms with Gasteiger partial charge in [-0.2, -0.15) is 8.42 Å². The van der Waals surface area contributed by atoms with Crippen LogP contribution in [0.4, 0.5) is 11.4 Å². The maximum atomic E-state index is 13.2. The average molecular weight is 535 g/mol. The van der Waals surface area contributed by atoms with E-state index in [-0.39, 0.29) is 28.4 Å². The predicted octanol–water partition coefficient (Wildman–Crippen LogP) is 3.61. The Morgan fingerprint density at radius 2 is 1.50 bits per heavy atom. The molecule has 0 unspecified atom stereocenters. The number of anilines is 1. The zero-order valence-electron chi connectivity index (χ0n) is 19.3. The first-order valence-corrected chi connectivity index (χ1v) is 13.2. The van der Waals surface area contributed by atoms with Crippen LogP contribution < -0.4 is 4.72 Å². The highest BCUT2D eigenvalue weighted by Gasteiger charge is 2.24. The van der Waals surface area contributed by atoms with Gasteiger partial charge in [0.05, 0.1) is 33.1 Å². The van der Waals surface area contributed by atoms with Gasteiger partial charge in [-0.15, -0.1) is 0 Å². The van der Waals surface area contributed by atoms with Crippen molar-refractivity contribution >= 4 is 49.2 Å². The summed E-state index contributed by atoms with van der Waals surface area (Å²) in [5, 5.41) is 18.5. The summed E-state index contributed by atoms with van der Waals surface area (Å²) in [6.45, 7) is 4.86. The maximum absolute atomic E-state index is 13.2. The molecule has 0 bridgehead atoms. The largest absolute Gasteiger partial charge is 0.478 e. The van der Waals surface area contributed by atoms with Crippen molar-refractivity contribution in [1.29, 1.82) is 0 Å². The van der Waals surface area contributed by atoms with Crippen LogP contribution in [0.3, 0.4) is 0 Å². The standard InChI is InChI=1S/C23H22N2O9S2/c1-12-8-13(2)21(14(3)20(12)24-18-6-4-5-7-19(18)36(32,33)34)25-35(30,31)17-10-15(22(26)27)9-16(11-17)23(28)29/h4,6-11,25H,5H2,1-3H3,(H,26,27)(H,28,29)(H,32,33,34). The van der Waals surface area contributed by atoms with Crippen LogP contribution in [0, 0.1) is 20.8 Å². The molecule has 13 heteroatoms. The molecular formula is C23H22N2O9S2. The van der Waals surface area contributed by atoms with Crippen molar-refractivity contribution in [2.45, 2.75) is 32.1 Å². The molecule has 0 saturated heterocycles. The number of hydrogen-bond acceptors (Lipinski definition) is 7. The van der Waals surface area contributed by atoms with Crippen LogP contribution in [0.15, 0.2) is 57.3 Å². The van der Waals surface area contributed by atoms with Crippen molar-refractivity contribution in [3.8, 4) is 0 Å². The third-order valence-corrected chi connectivity index (χ3v) is 7.62. The number of carboxylic acid groups (broad SMARTS) is 2. The van der Waals surface area contributed by atoms with Gasteiger partial charge in [0.1, 0.15) is 4.91 Å². The Bertz CT molecular complexity index is 1570. The van der Waals surface area contributed by atoms with Crippen molar-refractivity contribution in [3.63, 3.8) is 0 Å². The second kappa shape index (κ2) is 9.68. The number of aromatic carboxylic acids is 2. The zero-order valence-corrected chi connectivity index (χ0v) is 20.9. The summed E-state index contributed by atoms with van der Waals surface area (Å²) in [7, 11) is -9.01. The fourth-order valence-corrected chi connectivity index (χ4v) is 5.64. The predicted molar refractivity (Wildman–Crippen MR) is 132 cm³/mol. The molecule has 1 aliphatic carbocycles. The fourth-order valence-electron chi connectivity index (χ4n) is 3.69. The Morgan fingerprint density at radius 3 is 2.03 bits per heavy atom. The maximum Gasteiger partial charge on any atom is 0.335 e. The number of nitrogens with one attached hydrogen (secondary N) is 1. The summed E-state index contributed by atoms with van der Waals surface area (Å²) < 4.78 is 61.8. The highest BCUT2D eigenvalue weighted by atomic mass is 32.2. The first-order chi connectivity index (χ1) is 16.6.